The molecule has 5 rings (SSSR count). The van der Waals surface area contributed by atoms with Crippen molar-refractivity contribution >= 4 is 32.3 Å². The largest absolute Gasteiger partial charge is 0.487 e. The zero-order valence-electron chi connectivity index (χ0n) is 17.1. The average molecular weight is 454 g/mol. The van der Waals surface area contributed by atoms with Crippen molar-refractivity contribution in [3.05, 3.63) is 75.9 Å². The molecule has 0 amide bonds. The molecule has 0 unspecified atom stereocenters. The maximum atomic E-state index is 13.5. The number of thiazole rings is 1. The molecule has 2 aromatic heterocycles. The second-order valence-electron chi connectivity index (χ2n) is 7.91. The molecule has 1 aliphatic rings. The van der Waals surface area contributed by atoms with E-state index in [1.807, 2.05) is 24.4 Å². The van der Waals surface area contributed by atoms with Crippen molar-refractivity contribution < 1.29 is 13.2 Å². The highest BCUT2D eigenvalue weighted by molar-refractivity contribution is 7.90. The molecule has 0 atom stereocenters. The lowest BCUT2D eigenvalue weighted by molar-refractivity contribution is 0.299. The van der Waals surface area contributed by atoms with Crippen molar-refractivity contribution in [1.29, 1.82) is 0 Å². The molecule has 0 spiro atoms. The van der Waals surface area contributed by atoms with E-state index in [2.05, 4.69) is 11.1 Å². The number of nitrogens with zero attached hydrogens (tertiary/aromatic N) is 2. The van der Waals surface area contributed by atoms with Crippen molar-refractivity contribution in [2.45, 2.75) is 43.7 Å². The Balaban J connectivity index is 1.65. The lowest BCUT2D eigenvalue weighted by Crippen LogP contribution is -2.17. The topological polar surface area (TPSA) is 87.2 Å². The molecular weight excluding hydrogens is 430 g/mol. The predicted octanol–water partition coefficient (Wildman–Crippen LogP) is 4.56. The second kappa shape index (κ2) is 7.78. The molecule has 1 saturated carbocycles. The van der Waals surface area contributed by atoms with Crippen LogP contribution in [-0.4, -0.2) is 17.4 Å². The molecule has 1 fully saturated rings. The van der Waals surface area contributed by atoms with Gasteiger partial charge >= 0.3 is 0 Å². The third-order valence-electron chi connectivity index (χ3n) is 5.61. The molecule has 0 aliphatic heterocycles. The number of hydrogen-bond acceptors (Lipinski definition) is 6. The standard InChI is InChI=1S/C23H23N3O3S2/c1-15-2-6-20(7-3-15)31(27,28)26-19(11-24)8-17-9-21(16-4-5-16)23(10-22(17)26)29-12-18-13-30-14-25-18/h2-3,6-10,13-14,16H,4-5,11-12,24H2,1H3. The molecular formula is C23H23N3O3S2. The van der Waals surface area contributed by atoms with E-state index in [1.165, 1.54) is 15.3 Å². The summed E-state index contributed by atoms with van der Waals surface area (Å²) in [5.74, 6) is 1.17. The molecule has 2 heterocycles. The Hall–Kier alpha value is -2.68. The minimum atomic E-state index is -3.80. The molecule has 0 radical (unpaired) electrons. The molecule has 1 aliphatic carbocycles. The fraction of sp³-hybridized carbons (Fsp3) is 0.261. The summed E-state index contributed by atoms with van der Waals surface area (Å²) < 4.78 is 34.6. The van der Waals surface area contributed by atoms with E-state index >= 15 is 0 Å². The summed E-state index contributed by atoms with van der Waals surface area (Å²) in [5.41, 5.74) is 11.8. The Bertz CT molecular complexity index is 1340. The maximum absolute atomic E-state index is 13.5. The van der Waals surface area contributed by atoms with Gasteiger partial charge in [0.1, 0.15) is 12.4 Å². The number of hydrogen-bond donors (Lipinski definition) is 1. The van der Waals surface area contributed by atoms with Crippen LogP contribution in [0.1, 0.15) is 41.3 Å². The zero-order valence-corrected chi connectivity index (χ0v) is 18.7. The summed E-state index contributed by atoms with van der Waals surface area (Å²) in [6.07, 6.45) is 2.23. The molecule has 2 aromatic carbocycles. The van der Waals surface area contributed by atoms with Crippen molar-refractivity contribution in [3.8, 4) is 5.75 Å². The first-order chi connectivity index (χ1) is 15.0. The van der Waals surface area contributed by atoms with E-state index < -0.39 is 10.0 Å². The van der Waals surface area contributed by atoms with Crippen LogP contribution in [0.2, 0.25) is 0 Å². The van der Waals surface area contributed by atoms with Gasteiger partial charge in [-0.25, -0.2) is 17.4 Å². The fourth-order valence-electron chi connectivity index (χ4n) is 3.83. The first kappa shape index (κ1) is 20.2. The molecule has 31 heavy (non-hydrogen) atoms. The highest BCUT2D eigenvalue weighted by atomic mass is 32.2. The van der Waals surface area contributed by atoms with Gasteiger partial charge in [0.25, 0.3) is 10.0 Å². The molecule has 160 valence electrons. The summed E-state index contributed by atoms with van der Waals surface area (Å²) in [7, 11) is -3.80. The van der Waals surface area contributed by atoms with E-state index in [0.717, 1.165) is 35.0 Å². The van der Waals surface area contributed by atoms with Gasteiger partial charge in [0, 0.05) is 29.1 Å². The highest BCUT2D eigenvalue weighted by Gasteiger charge is 2.30. The summed E-state index contributed by atoms with van der Waals surface area (Å²) in [6.45, 7) is 2.40. The van der Waals surface area contributed by atoms with Crippen LogP contribution in [0.4, 0.5) is 0 Å². The van der Waals surface area contributed by atoms with Gasteiger partial charge in [-0.05, 0) is 55.5 Å². The molecule has 8 heteroatoms. The van der Waals surface area contributed by atoms with Crippen LogP contribution in [0.3, 0.4) is 0 Å². The SMILES string of the molecule is Cc1ccc(S(=O)(=O)n2c(CN)cc3cc(C4CC4)c(OCc4cscn4)cc32)cc1. The van der Waals surface area contributed by atoms with E-state index in [-0.39, 0.29) is 11.4 Å². The lowest BCUT2D eigenvalue weighted by Gasteiger charge is -2.14. The van der Waals surface area contributed by atoms with Gasteiger partial charge in [-0.2, -0.15) is 0 Å². The van der Waals surface area contributed by atoms with Crippen molar-refractivity contribution in [3.63, 3.8) is 0 Å². The van der Waals surface area contributed by atoms with Crippen LogP contribution in [0.25, 0.3) is 10.9 Å². The first-order valence-electron chi connectivity index (χ1n) is 10.2. The summed E-state index contributed by atoms with van der Waals surface area (Å²) in [4.78, 5) is 4.52. The molecule has 0 saturated heterocycles. The quantitative estimate of drug-likeness (QED) is 0.443. The van der Waals surface area contributed by atoms with E-state index in [4.69, 9.17) is 10.5 Å². The van der Waals surface area contributed by atoms with Crippen LogP contribution in [0, 0.1) is 6.92 Å². The maximum Gasteiger partial charge on any atom is 0.268 e. The number of nitrogens with two attached hydrogens (primary N) is 1. The third kappa shape index (κ3) is 3.75. The fourth-order valence-corrected chi connectivity index (χ4v) is 5.91. The minimum Gasteiger partial charge on any atom is -0.487 e. The Labute approximate surface area is 185 Å². The van der Waals surface area contributed by atoms with Gasteiger partial charge in [0.15, 0.2) is 0 Å². The molecule has 0 bridgehead atoms. The van der Waals surface area contributed by atoms with Gasteiger partial charge in [-0.15, -0.1) is 11.3 Å². The van der Waals surface area contributed by atoms with Crippen molar-refractivity contribution in [2.75, 3.05) is 0 Å². The summed E-state index contributed by atoms with van der Waals surface area (Å²) in [5, 5.41) is 2.81. The van der Waals surface area contributed by atoms with Crippen LogP contribution in [0.5, 0.6) is 5.75 Å². The summed E-state index contributed by atoms with van der Waals surface area (Å²) in [6, 6.07) is 12.6. The van der Waals surface area contributed by atoms with Gasteiger partial charge < -0.3 is 10.5 Å². The number of fused-ring (bicyclic) bond motifs is 1. The first-order valence-corrected chi connectivity index (χ1v) is 12.6. The third-order valence-corrected chi connectivity index (χ3v) is 8.02. The van der Waals surface area contributed by atoms with Gasteiger partial charge in [0.05, 0.1) is 21.6 Å². The molecule has 4 aromatic rings. The number of aryl methyl sites for hydroxylation is 1. The van der Waals surface area contributed by atoms with Crippen LogP contribution in [0.15, 0.2) is 58.3 Å². The van der Waals surface area contributed by atoms with Crippen LogP contribution < -0.4 is 10.5 Å². The lowest BCUT2D eigenvalue weighted by atomic mass is 10.1. The minimum absolute atomic E-state index is 0.119. The Morgan fingerprint density at radius 3 is 2.61 bits per heavy atom. The van der Waals surface area contributed by atoms with Crippen LogP contribution >= 0.6 is 11.3 Å². The molecule has 6 nitrogen and oxygen atoms in total. The summed E-state index contributed by atoms with van der Waals surface area (Å²) >= 11 is 1.52. The van der Waals surface area contributed by atoms with Gasteiger partial charge in [-0.1, -0.05) is 17.7 Å². The number of aromatic nitrogens is 2. The average Bonchev–Trinajstić information content (AvgIpc) is 3.33. The van der Waals surface area contributed by atoms with Crippen molar-refractivity contribution in [2.24, 2.45) is 5.73 Å². The van der Waals surface area contributed by atoms with Gasteiger partial charge in [-0.3, -0.25) is 0 Å². The Morgan fingerprint density at radius 2 is 1.97 bits per heavy atom. The second-order valence-corrected chi connectivity index (χ2v) is 10.4. The zero-order chi connectivity index (χ0) is 21.6. The predicted molar refractivity (Wildman–Crippen MR) is 122 cm³/mol. The van der Waals surface area contributed by atoms with Crippen molar-refractivity contribution in [1.82, 2.24) is 8.96 Å². The number of rotatable bonds is 7. The normalized spacial score (nSPS) is 14.3. The monoisotopic (exact) mass is 453 g/mol. The number of ether oxygens (including phenoxy) is 1. The Morgan fingerprint density at radius 1 is 1.19 bits per heavy atom. The Kier molecular flexibility index (Phi) is 5.08. The van der Waals surface area contributed by atoms with E-state index in [0.29, 0.717) is 29.5 Å². The van der Waals surface area contributed by atoms with Gasteiger partial charge in [0.2, 0.25) is 0 Å². The van der Waals surface area contributed by atoms with Crippen LogP contribution in [-0.2, 0) is 23.2 Å². The van der Waals surface area contributed by atoms with E-state index in [1.54, 1.807) is 29.8 Å². The molecule has 2 N–H and O–H groups in total. The number of benzene rings is 2. The highest BCUT2D eigenvalue weighted by Crippen LogP contribution is 2.46. The smallest absolute Gasteiger partial charge is 0.268 e. The van der Waals surface area contributed by atoms with E-state index in [9.17, 15) is 8.42 Å².